The summed E-state index contributed by atoms with van der Waals surface area (Å²) in [7, 11) is 3.79. The summed E-state index contributed by atoms with van der Waals surface area (Å²) in [6.07, 6.45) is 1.58. The molecule has 0 radical (unpaired) electrons. The highest BCUT2D eigenvalue weighted by molar-refractivity contribution is 5.94. The monoisotopic (exact) mass is 384 g/mol. The molecule has 2 aromatic rings. The van der Waals surface area contributed by atoms with E-state index in [9.17, 15) is 9.59 Å². The molecule has 0 bridgehead atoms. The van der Waals surface area contributed by atoms with E-state index in [0.29, 0.717) is 30.3 Å². The number of benzene rings is 1. The Kier molecular flexibility index (Phi) is 6.08. The highest BCUT2D eigenvalue weighted by Crippen LogP contribution is 2.20. The van der Waals surface area contributed by atoms with Gasteiger partial charge in [-0.1, -0.05) is 0 Å². The molecule has 1 aliphatic rings. The van der Waals surface area contributed by atoms with Crippen molar-refractivity contribution >= 4 is 17.7 Å². The zero-order chi connectivity index (χ0) is 20.1. The second-order valence-electron chi connectivity index (χ2n) is 6.88. The van der Waals surface area contributed by atoms with Gasteiger partial charge in [-0.2, -0.15) is 0 Å². The molecular formula is C20H24N4O4. The summed E-state index contributed by atoms with van der Waals surface area (Å²) in [5.41, 5.74) is 0.548. The summed E-state index contributed by atoms with van der Waals surface area (Å²) in [5.74, 6) is 1.16. The van der Waals surface area contributed by atoms with Gasteiger partial charge in [0.25, 0.3) is 5.91 Å². The fraction of sp³-hybridized carbons (Fsp3) is 0.400. The molecule has 0 aliphatic carbocycles. The standard InChI is InChI=1S/C20H24N4O4/c1-14(25)27-16-8-6-15(7-9-16)20(26)24-12-4-5-17(13-24)28-19-11-10-18(21-22-19)23(2)3/h6-11,17H,4-5,12-13H2,1-3H3. The summed E-state index contributed by atoms with van der Waals surface area (Å²) in [4.78, 5) is 27.4. The summed E-state index contributed by atoms with van der Waals surface area (Å²) in [6.45, 7) is 2.50. The highest BCUT2D eigenvalue weighted by atomic mass is 16.5. The molecule has 1 aliphatic heterocycles. The Hall–Kier alpha value is -3.16. The predicted octanol–water partition coefficient (Wildman–Crippen LogP) is 2.15. The molecule has 28 heavy (non-hydrogen) atoms. The van der Waals surface area contributed by atoms with Gasteiger partial charge in [-0.05, 0) is 43.2 Å². The predicted molar refractivity (Wildman–Crippen MR) is 104 cm³/mol. The van der Waals surface area contributed by atoms with Gasteiger partial charge in [0, 0.05) is 39.2 Å². The minimum atomic E-state index is -0.392. The number of rotatable bonds is 5. The van der Waals surface area contributed by atoms with Crippen LogP contribution in [0.3, 0.4) is 0 Å². The van der Waals surface area contributed by atoms with Crippen molar-refractivity contribution < 1.29 is 19.1 Å². The van der Waals surface area contributed by atoms with E-state index in [4.69, 9.17) is 9.47 Å². The fourth-order valence-corrected chi connectivity index (χ4v) is 3.02. The van der Waals surface area contributed by atoms with Gasteiger partial charge >= 0.3 is 5.97 Å². The number of hydrogen-bond donors (Lipinski definition) is 0. The van der Waals surface area contributed by atoms with Gasteiger partial charge in [0.05, 0.1) is 6.54 Å². The lowest BCUT2D eigenvalue weighted by molar-refractivity contribution is -0.131. The lowest BCUT2D eigenvalue weighted by Gasteiger charge is -2.32. The molecule has 148 valence electrons. The number of nitrogens with zero attached hydrogens (tertiary/aromatic N) is 4. The van der Waals surface area contributed by atoms with Gasteiger partial charge in [-0.25, -0.2) is 0 Å². The van der Waals surface area contributed by atoms with Gasteiger partial charge in [0.2, 0.25) is 5.88 Å². The first-order chi connectivity index (χ1) is 13.4. The van der Waals surface area contributed by atoms with Crippen LogP contribution in [0.4, 0.5) is 5.82 Å². The van der Waals surface area contributed by atoms with E-state index in [2.05, 4.69) is 10.2 Å². The number of anilines is 1. The molecule has 1 aromatic heterocycles. The molecular weight excluding hydrogens is 360 g/mol. The highest BCUT2D eigenvalue weighted by Gasteiger charge is 2.26. The van der Waals surface area contributed by atoms with Crippen molar-refractivity contribution in [3.05, 3.63) is 42.0 Å². The summed E-state index contributed by atoms with van der Waals surface area (Å²) >= 11 is 0. The molecule has 1 fully saturated rings. The van der Waals surface area contributed by atoms with E-state index in [-0.39, 0.29) is 12.0 Å². The van der Waals surface area contributed by atoms with Crippen LogP contribution in [0.5, 0.6) is 11.6 Å². The zero-order valence-electron chi connectivity index (χ0n) is 16.3. The summed E-state index contributed by atoms with van der Waals surface area (Å²) in [5, 5.41) is 8.21. The molecule has 8 nitrogen and oxygen atoms in total. The Morgan fingerprint density at radius 1 is 1.11 bits per heavy atom. The number of carbonyl (C=O) groups excluding carboxylic acids is 2. The Morgan fingerprint density at radius 3 is 2.46 bits per heavy atom. The van der Waals surface area contributed by atoms with Crippen molar-refractivity contribution in [3.8, 4) is 11.6 Å². The molecule has 0 N–H and O–H groups in total. The van der Waals surface area contributed by atoms with Crippen LogP contribution < -0.4 is 14.4 Å². The van der Waals surface area contributed by atoms with Gasteiger partial charge in [0.15, 0.2) is 5.82 Å². The van der Waals surface area contributed by atoms with E-state index >= 15 is 0 Å². The third-order valence-corrected chi connectivity index (χ3v) is 4.40. The molecule has 8 heteroatoms. The van der Waals surface area contributed by atoms with Crippen molar-refractivity contribution in [2.24, 2.45) is 0 Å². The number of carbonyl (C=O) groups is 2. The lowest BCUT2D eigenvalue weighted by Crippen LogP contribution is -2.44. The Bertz CT molecular complexity index is 821. The number of hydrogen-bond acceptors (Lipinski definition) is 7. The van der Waals surface area contributed by atoms with E-state index in [0.717, 1.165) is 18.7 Å². The smallest absolute Gasteiger partial charge is 0.308 e. The molecule has 0 spiro atoms. The van der Waals surface area contributed by atoms with Crippen molar-refractivity contribution in [2.75, 3.05) is 32.1 Å². The zero-order valence-corrected chi connectivity index (χ0v) is 16.3. The SMILES string of the molecule is CC(=O)Oc1ccc(C(=O)N2CCCC(Oc3ccc(N(C)C)nn3)C2)cc1. The third-order valence-electron chi connectivity index (χ3n) is 4.40. The fourth-order valence-electron chi connectivity index (χ4n) is 3.02. The number of likely N-dealkylation sites (tertiary alicyclic amines) is 1. The normalized spacial score (nSPS) is 16.4. The van der Waals surface area contributed by atoms with Gasteiger partial charge < -0.3 is 19.3 Å². The first-order valence-electron chi connectivity index (χ1n) is 9.18. The van der Waals surface area contributed by atoms with E-state index in [1.54, 1.807) is 35.2 Å². The van der Waals surface area contributed by atoms with Crippen LogP contribution in [-0.2, 0) is 4.79 Å². The van der Waals surface area contributed by atoms with Gasteiger partial charge in [-0.3, -0.25) is 9.59 Å². The average molecular weight is 384 g/mol. The van der Waals surface area contributed by atoms with E-state index < -0.39 is 5.97 Å². The minimum absolute atomic E-state index is 0.0725. The van der Waals surface area contributed by atoms with Crippen LogP contribution in [0.1, 0.15) is 30.1 Å². The van der Waals surface area contributed by atoms with Crippen LogP contribution >= 0.6 is 0 Å². The quantitative estimate of drug-likeness (QED) is 0.577. The first-order valence-corrected chi connectivity index (χ1v) is 9.18. The van der Waals surface area contributed by atoms with Crippen molar-refractivity contribution in [1.82, 2.24) is 15.1 Å². The molecule has 1 saturated heterocycles. The minimum Gasteiger partial charge on any atom is -0.471 e. The maximum atomic E-state index is 12.8. The van der Waals surface area contributed by atoms with Crippen molar-refractivity contribution in [1.29, 1.82) is 0 Å². The number of aromatic nitrogens is 2. The molecule has 0 saturated carbocycles. The molecule has 1 atom stereocenters. The molecule has 1 unspecified atom stereocenters. The third kappa shape index (κ3) is 4.97. The second-order valence-corrected chi connectivity index (χ2v) is 6.88. The van der Waals surface area contributed by atoms with Crippen LogP contribution in [0.15, 0.2) is 36.4 Å². The van der Waals surface area contributed by atoms with Crippen LogP contribution in [0.25, 0.3) is 0 Å². The van der Waals surface area contributed by atoms with Crippen molar-refractivity contribution in [2.45, 2.75) is 25.9 Å². The van der Waals surface area contributed by atoms with E-state index in [1.165, 1.54) is 6.92 Å². The van der Waals surface area contributed by atoms with Crippen LogP contribution in [0, 0.1) is 0 Å². The Labute approximate surface area is 164 Å². The second kappa shape index (κ2) is 8.69. The number of piperidine rings is 1. The van der Waals surface area contributed by atoms with Crippen LogP contribution in [-0.4, -0.2) is 60.3 Å². The Morgan fingerprint density at radius 2 is 1.86 bits per heavy atom. The summed E-state index contributed by atoms with van der Waals surface area (Å²) in [6, 6.07) is 10.2. The maximum Gasteiger partial charge on any atom is 0.308 e. The Balaban J connectivity index is 1.60. The van der Waals surface area contributed by atoms with Gasteiger partial charge in [-0.15, -0.1) is 10.2 Å². The average Bonchev–Trinajstić information content (AvgIpc) is 2.68. The molecule has 3 rings (SSSR count). The topological polar surface area (TPSA) is 84.9 Å². The van der Waals surface area contributed by atoms with Crippen LogP contribution in [0.2, 0.25) is 0 Å². The first kappa shape index (κ1) is 19.6. The number of ether oxygens (including phenoxy) is 2. The van der Waals surface area contributed by atoms with E-state index in [1.807, 2.05) is 25.1 Å². The molecule has 2 heterocycles. The number of amides is 1. The molecule has 1 amide bonds. The lowest BCUT2D eigenvalue weighted by atomic mass is 10.1. The molecule has 1 aromatic carbocycles. The summed E-state index contributed by atoms with van der Waals surface area (Å²) < 4.78 is 10.9. The number of esters is 1. The van der Waals surface area contributed by atoms with Gasteiger partial charge in [0.1, 0.15) is 11.9 Å². The van der Waals surface area contributed by atoms with Crippen molar-refractivity contribution in [3.63, 3.8) is 0 Å². The maximum absolute atomic E-state index is 12.8. The largest absolute Gasteiger partial charge is 0.471 e.